The van der Waals surface area contributed by atoms with Gasteiger partial charge >= 0.3 is 0 Å². The Balaban J connectivity index is 1.48. The van der Waals surface area contributed by atoms with Crippen molar-refractivity contribution in [3.8, 4) is 5.75 Å². The maximum atomic E-state index is 12.4. The van der Waals surface area contributed by atoms with E-state index in [1.54, 1.807) is 13.1 Å². The summed E-state index contributed by atoms with van der Waals surface area (Å²) < 4.78 is 7.67. The number of ether oxygens (including phenoxy) is 1. The third-order valence-corrected chi connectivity index (χ3v) is 4.80. The van der Waals surface area contributed by atoms with Gasteiger partial charge in [0.25, 0.3) is 5.91 Å². The van der Waals surface area contributed by atoms with Crippen LogP contribution in [-0.2, 0) is 23.3 Å². The number of amides is 1. The third kappa shape index (κ3) is 5.95. The Hall–Kier alpha value is -3.08. The van der Waals surface area contributed by atoms with Crippen LogP contribution in [-0.4, -0.2) is 21.8 Å². The van der Waals surface area contributed by atoms with Gasteiger partial charge in [-0.3, -0.25) is 9.48 Å². The van der Waals surface area contributed by atoms with Crippen LogP contribution >= 0.6 is 0 Å². The molecule has 0 saturated heterocycles. The molecule has 152 valence electrons. The van der Waals surface area contributed by atoms with Crippen LogP contribution in [0.15, 0.2) is 67.0 Å². The maximum Gasteiger partial charge on any atom is 0.261 e. The SMILES string of the molecule is C[C@H](Oc1ccc(C(C)(C)C)cc1)C(=O)NCc1ccc(Cn2cccn2)cc1. The fraction of sp³-hybridized carbons (Fsp3) is 0.333. The molecule has 0 aliphatic rings. The monoisotopic (exact) mass is 391 g/mol. The van der Waals surface area contributed by atoms with Crippen LogP contribution in [0.2, 0.25) is 0 Å². The van der Waals surface area contributed by atoms with E-state index in [2.05, 4.69) is 43.3 Å². The van der Waals surface area contributed by atoms with E-state index in [0.717, 1.165) is 12.1 Å². The van der Waals surface area contributed by atoms with Crippen molar-refractivity contribution in [2.24, 2.45) is 0 Å². The summed E-state index contributed by atoms with van der Waals surface area (Å²) in [4.78, 5) is 12.4. The molecule has 0 unspecified atom stereocenters. The van der Waals surface area contributed by atoms with Gasteiger partial charge in [-0.2, -0.15) is 5.10 Å². The molecule has 5 nitrogen and oxygen atoms in total. The minimum absolute atomic E-state index is 0.0927. The second-order valence-electron chi connectivity index (χ2n) is 8.27. The summed E-state index contributed by atoms with van der Waals surface area (Å²) in [5.41, 5.74) is 3.54. The molecule has 3 aromatic rings. The summed E-state index contributed by atoms with van der Waals surface area (Å²) in [6, 6.07) is 18.0. The van der Waals surface area contributed by atoms with Crippen molar-refractivity contribution in [1.29, 1.82) is 0 Å². The maximum absolute atomic E-state index is 12.4. The zero-order chi connectivity index (χ0) is 20.9. The molecule has 1 amide bonds. The number of carbonyl (C=O) groups excluding carboxylic acids is 1. The fourth-order valence-electron chi connectivity index (χ4n) is 2.97. The largest absolute Gasteiger partial charge is 0.481 e. The van der Waals surface area contributed by atoms with Crippen LogP contribution in [0.3, 0.4) is 0 Å². The Morgan fingerprint density at radius 3 is 2.31 bits per heavy atom. The average molecular weight is 392 g/mol. The van der Waals surface area contributed by atoms with Crippen molar-refractivity contribution < 1.29 is 9.53 Å². The van der Waals surface area contributed by atoms with E-state index >= 15 is 0 Å². The third-order valence-electron chi connectivity index (χ3n) is 4.80. The van der Waals surface area contributed by atoms with E-state index in [9.17, 15) is 4.79 Å². The molecule has 2 aromatic carbocycles. The fourth-order valence-corrected chi connectivity index (χ4v) is 2.97. The molecule has 0 aliphatic carbocycles. The summed E-state index contributed by atoms with van der Waals surface area (Å²) >= 11 is 0. The van der Waals surface area contributed by atoms with Gasteiger partial charge in [0.2, 0.25) is 0 Å². The molecule has 1 aromatic heterocycles. The Labute approximate surface area is 172 Å². The molecule has 0 bridgehead atoms. The lowest BCUT2D eigenvalue weighted by molar-refractivity contribution is -0.127. The van der Waals surface area contributed by atoms with Crippen molar-refractivity contribution in [1.82, 2.24) is 15.1 Å². The van der Waals surface area contributed by atoms with Gasteiger partial charge in [0.1, 0.15) is 5.75 Å². The number of hydrogen-bond acceptors (Lipinski definition) is 3. The van der Waals surface area contributed by atoms with Gasteiger partial charge in [0.15, 0.2) is 6.10 Å². The minimum atomic E-state index is -0.561. The first-order valence-corrected chi connectivity index (χ1v) is 9.91. The van der Waals surface area contributed by atoms with Crippen LogP contribution in [0.1, 0.15) is 44.4 Å². The number of nitrogens with one attached hydrogen (secondary N) is 1. The average Bonchev–Trinajstić information content (AvgIpc) is 3.20. The highest BCUT2D eigenvalue weighted by molar-refractivity contribution is 5.80. The summed E-state index contributed by atoms with van der Waals surface area (Å²) in [6.07, 6.45) is 3.15. The normalized spacial score (nSPS) is 12.4. The van der Waals surface area contributed by atoms with Gasteiger partial charge in [0, 0.05) is 18.9 Å². The molecule has 3 rings (SSSR count). The second kappa shape index (κ2) is 8.95. The first kappa shape index (κ1) is 20.6. The van der Waals surface area contributed by atoms with Crippen molar-refractivity contribution in [3.63, 3.8) is 0 Å². The summed E-state index contributed by atoms with van der Waals surface area (Å²) in [7, 11) is 0. The number of carbonyl (C=O) groups is 1. The Kier molecular flexibility index (Phi) is 6.37. The van der Waals surface area contributed by atoms with Crippen LogP contribution in [0.25, 0.3) is 0 Å². The zero-order valence-corrected chi connectivity index (χ0v) is 17.6. The van der Waals surface area contributed by atoms with Crippen molar-refractivity contribution in [3.05, 3.63) is 83.7 Å². The lowest BCUT2D eigenvalue weighted by Gasteiger charge is -2.20. The summed E-state index contributed by atoms with van der Waals surface area (Å²) in [5.74, 6) is 0.564. The number of nitrogens with zero attached hydrogens (tertiary/aromatic N) is 2. The van der Waals surface area contributed by atoms with Gasteiger partial charge in [-0.25, -0.2) is 0 Å². The minimum Gasteiger partial charge on any atom is -0.481 e. The van der Waals surface area contributed by atoms with E-state index in [1.807, 2.05) is 53.3 Å². The van der Waals surface area contributed by atoms with E-state index in [4.69, 9.17) is 4.74 Å². The van der Waals surface area contributed by atoms with Gasteiger partial charge in [-0.15, -0.1) is 0 Å². The van der Waals surface area contributed by atoms with Crippen LogP contribution in [0.4, 0.5) is 0 Å². The smallest absolute Gasteiger partial charge is 0.261 e. The predicted octanol–water partition coefficient (Wildman–Crippen LogP) is 4.31. The number of benzene rings is 2. The lowest BCUT2D eigenvalue weighted by atomic mass is 9.87. The predicted molar refractivity (Wildman–Crippen MR) is 115 cm³/mol. The highest BCUT2D eigenvalue weighted by atomic mass is 16.5. The molecule has 29 heavy (non-hydrogen) atoms. The van der Waals surface area contributed by atoms with E-state index in [1.165, 1.54) is 11.1 Å². The van der Waals surface area contributed by atoms with Crippen molar-refractivity contribution in [2.45, 2.75) is 52.3 Å². The molecule has 0 fully saturated rings. The van der Waals surface area contributed by atoms with Crippen LogP contribution < -0.4 is 10.1 Å². The van der Waals surface area contributed by atoms with Crippen LogP contribution in [0, 0.1) is 0 Å². The van der Waals surface area contributed by atoms with Crippen molar-refractivity contribution >= 4 is 5.91 Å². The zero-order valence-electron chi connectivity index (χ0n) is 17.6. The summed E-state index contributed by atoms with van der Waals surface area (Å²) in [5, 5.41) is 7.15. The summed E-state index contributed by atoms with van der Waals surface area (Å²) in [6.45, 7) is 9.48. The molecular formula is C24H29N3O2. The highest BCUT2D eigenvalue weighted by Crippen LogP contribution is 2.24. The molecule has 0 spiro atoms. The first-order chi connectivity index (χ1) is 13.8. The Bertz CT molecular complexity index is 908. The highest BCUT2D eigenvalue weighted by Gasteiger charge is 2.16. The molecule has 1 N–H and O–H groups in total. The topological polar surface area (TPSA) is 56.1 Å². The Morgan fingerprint density at radius 2 is 1.72 bits per heavy atom. The first-order valence-electron chi connectivity index (χ1n) is 9.91. The number of hydrogen-bond donors (Lipinski definition) is 1. The lowest BCUT2D eigenvalue weighted by Crippen LogP contribution is -2.35. The van der Waals surface area contributed by atoms with Crippen molar-refractivity contribution in [2.75, 3.05) is 0 Å². The van der Waals surface area contributed by atoms with Gasteiger partial charge in [-0.05, 0) is 47.2 Å². The molecule has 0 aliphatic heterocycles. The molecule has 0 saturated carbocycles. The van der Waals surface area contributed by atoms with Gasteiger partial charge in [0.05, 0.1) is 6.54 Å². The van der Waals surface area contributed by atoms with E-state index < -0.39 is 6.10 Å². The molecule has 1 heterocycles. The molecule has 0 radical (unpaired) electrons. The molecule has 5 heteroatoms. The quantitative estimate of drug-likeness (QED) is 0.653. The van der Waals surface area contributed by atoms with Crippen LogP contribution in [0.5, 0.6) is 5.75 Å². The van der Waals surface area contributed by atoms with E-state index in [0.29, 0.717) is 12.3 Å². The van der Waals surface area contributed by atoms with Gasteiger partial charge < -0.3 is 10.1 Å². The van der Waals surface area contributed by atoms with E-state index in [-0.39, 0.29) is 11.3 Å². The molecule has 1 atom stereocenters. The Morgan fingerprint density at radius 1 is 1.07 bits per heavy atom. The number of rotatable bonds is 7. The molecular weight excluding hydrogens is 362 g/mol. The van der Waals surface area contributed by atoms with Gasteiger partial charge in [-0.1, -0.05) is 57.2 Å². The number of aromatic nitrogens is 2. The second-order valence-corrected chi connectivity index (χ2v) is 8.27. The standard InChI is InChI=1S/C24H29N3O2/c1-18(29-22-12-10-21(11-13-22)24(2,3)4)23(28)25-16-19-6-8-20(9-7-19)17-27-15-5-14-26-27/h5-15,18H,16-17H2,1-4H3,(H,25,28)/t18-/m0/s1.